The first-order chi connectivity index (χ1) is 9.08. The van der Waals surface area contributed by atoms with Gasteiger partial charge in [-0.05, 0) is 52.5 Å². The molecule has 0 aliphatic heterocycles. The molecular formula is C14H16BrN3O. The van der Waals surface area contributed by atoms with Crippen molar-refractivity contribution >= 4 is 27.4 Å². The summed E-state index contributed by atoms with van der Waals surface area (Å²) >= 11 is 3.49. The van der Waals surface area contributed by atoms with Gasteiger partial charge in [-0.2, -0.15) is 0 Å². The summed E-state index contributed by atoms with van der Waals surface area (Å²) in [5.74, 6) is 1.08. The van der Waals surface area contributed by atoms with Gasteiger partial charge in [0, 0.05) is 6.54 Å². The number of pyridine rings is 1. The number of benzene rings is 1. The monoisotopic (exact) mass is 321 g/mol. The highest BCUT2D eigenvalue weighted by Crippen LogP contribution is 2.27. The molecule has 0 radical (unpaired) electrons. The lowest BCUT2D eigenvalue weighted by molar-refractivity contribution is 0.475. The van der Waals surface area contributed by atoms with Gasteiger partial charge < -0.3 is 16.2 Å². The maximum Gasteiger partial charge on any atom is 0.140 e. The zero-order valence-electron chi connectivity index (χ0n) is 10.7. The van der Waals surface area contributed by atoms with E-state index in [0.29, 0.717) is 5.69 Å². The number of nitrogens with one attached hydrogen (secondary N) is 1. The molecule has 0 aliphatic rings. The van der Waals surface area contributed by atoms with E-state index in [1.807, 2.05) is 19.1 Å². The first-order valence-electron chi connectivity index (χ1n) is 6.00. The zero-order chi connectivity index (χ0) is 13.8. The van der Waals surface area contributed by atoms with Gasteiger partial charge in [0.15, 0.2) is 0 Å². The van der Waals surface area contributed by atoms with E-state index in [-0.39, 0.29) is 5.75 Å². The molecule has 1 heterocycles. The number of phenols is 1. The van der Waals surface area contributed by atoms with Crippen LogP contribution in [0.2, 0.25) is 0 Å². The van der Waals surface area contributed by atoms with E-state index in [0.717, 1.165) is 34.4 Å². The minimum absolute atomic E-state index is 0.287. The molecule has 0 atom stereocenters. The van der Waals surface area contributed by atoms with Gasteiger partial charge >= 0.3 is 0 Å². The standard InChI is InChI=1S/C14H16BrN3O/c1-9-12(16)8-18-14(13(9)15)17-7-6-10-2-4-11(19)5-3-10/h2-5,8,19H,6-7,16H2,1H3,(H,17,18). The molecular weight excluding hydrogens is 306 g/mol. The molecule has 2 rings (SSSR count). The van der Waals surface area contributed by atoms with Crippen LogP contribution in [0, 0.1) is 6.92 Å². The number of nitrogens with zero attached hydrogens (tertiary/aromatic N) is 1. The van der Waals surface area contributed by atoms with Gasteiger partial charge in [0.1, 0.15) is 11.6 Å². The summed E-state index contributed by atoms with van der Waals surface area (Å²) in [7, 11) is 0. The van der Waals surface area contributed by atoms with Crippen molar-refractivity contribution in [2.75, 3.05) is 17.6 Å². The molecule has 0 saturated heterocycles. The molecule has 0 aliphatic carbocycles. The number of aromatic nitrogens is 1. The Morgan fingerprint density at radius 3 is 2.68 bits per heavy atom. The van der Waals surface area contributed by atoms with E-state index in [1.165, 1.54) is 0 Å². The number of halogens is 1. The quantitative estimate of drug-likeness (QED) is 0.809. The molecule has 1 aromatic carbocycles. The molecule has 0 spiro atoms. The van der Waals surface area contributed by atoms with E-state index in [2.05, 4.69) is 26.2 Å². The molecule has 0 amide bonds. The number of nitrogen functional groups attached to an aromatic ring is 1. The normalized spacial score (nSPS) is 10.4. The predicted octanol–water partition coefficient (Wildman–Crippen LogP) is 3.09. The lowest BCUT2D eigenvalue weighted by Crippen LogP contribution is -2.08. The molecule has 0 bridgehead atoms. The van der Waals surface area contributed by atoms with Gasteiger partial charge in [0.2, 0.25) is 0 Å². The van der Waals surface area contributed by atoms with Gasteiger partial charge in [-0.1, -0.05) is 12.1 Å². The van der Waals surface area contributed by atoms with Crippen molar-refractivity contribution in [1.29, 1.82) is 0 Å². The smallest absolute Gasteiger partial charge is 0.140 e. The van der Waals surface area contributed by atoms with E-state index in [4.69, 9.17) is 5.73 Å². The van der Waals surface area contributed by atoms with Crippen molar-refractivity contribution in [3.05, 3.63) is 46.1 Å². The topological polar surface area (TPSA) is 71.2 Å². The van der Waals surface area contributed by atoms with Crippen LogP contribution < -0.4 is 11.1 Å². The second-order valence-electron chi connectivity index (χ2n) is 4.34. The van der Waals surface area contributed by atoms with Crippen LogP contribution in [0.25, 0.3) is 0 Å². The Hall–Kier alpha value is -1.75. The fraction of sp³-hybridized carbons (Fsp3) is 0.214. The molecule has 0 fully saturated rings. The number of hydrogen-bond donors (Lipinski definition) is 3. The van der Waals surface area contributed by atoms with Crippen LogP contribution in [0.4, 0.5) is 11.5 Å². The molecule has 4 nitrogen and oxygen atoms in total. The SMILES string of the molecule is Cc1c(N)cnc(NCCc2ccc(O)cc2)c1Br. The third-order valence-electron chi connectivity index (χ3n) is 2.95. The lowest BCUT2D eigenvalue weighted by Gasteiger charge is -2.10. The van der Waals surface area contributed by atoms with E-state index >= 15 is 0 Å². The Morgan fingerprint density at radius 2 is 2.00 bits per heavy atom. The molecule has 0 unspecified atom stereocenters. The minimum atomic E-state index is 0.287. The van der Waals surface area contributed by atoms with Crippen molar-refractivity contribution in [2.24, 2.45) is 0 Å². The van der Waals surface area contributed by atoms with Gasteiger partial charge in [-0.15, -0.1) is 0 Å². The molecule has 5 heteroatoms. The van der Waals surface area contributed by atoms with Gasteiger partial charge in [-0.3, -0.25) is 0 Å². The molecule has 19 heavy (non-hydrogen) atoms. The molecule has 4 N–H and O–H groups in total. The highest BCUT2D eigenvalue weighted by molar-refractivity contribution is 9.10. The minimum Gasteiger partial charge on any atom is -0.508 e. The van der Waals surface area contributed by atoms with Crippen molar-refractivity contribution in [3.63, 3.8) is 0 Å². The van der Waals surface area contributed by atoms with Gasteiger partial charge in [0.25, 0.3) is 0 Å². The van der Waals surface area contributed by atoms with Crippen LogP contribution in [-0.4, -0.2) is 16.6 Å². The van der Waals surface area contributed by atoms with Crippen LogP contribution >= 0.6 is 15.9 Å². The Balaban J connectivity index is 1.96. The van der Waals surface area contributed by atoms with Crippen molar-refractivity contribution < 1.29 is 5.11 Å². The molecule has 0 saturated carbocycles. The zero-order valence-corrected chi connectivity index (χ0v) is 12.2. The highest BCUT2D eigenvalue weighted by atomic mass is 79.9. The van der Waals surface area contributed by atoms with Crippen LogP contribution in [0.3, 0.4) is 0 Å². The summed E-state index contributed by atoms with van der Waals surface area (Å²) in [6, 6.07) is 7.20. The number of nitrogens with two attached hydrogens (primary N) is 1. The fourth-order valence-electron chi connectivity index (χ4n) is 1.70. The number of phenolic OH excluding ortho intramolecular Hbond substituents is 1. The third kappa shape index (κ3) is 3.38. The number of aromatic hydroxyl groups is 1. The van der Waals surface area contributed by atoms with Crippen molar-refractivity contribution in [1.82, 2.24) is 4.98 Å². The van der Waals surface area contributed by atoms with E-state index in [1.54, 1.807) is 18.3 Å². The second-order valence-corrected chi connectivity index (χ2v) is 5.14. The maximum atomic E-state index is 9.21. The Morgan fingerprint density at radius 1 is 1.32 bits per heavy atom. The summed E-state index contributed by atoms with van der Waals surface area (Å²) in [6.07, 6.45) is 2.51. The summed E-state index contributed by atoms with van der Waals surface area (Å²) in [6.45, 7) is 2.71. The molecule has 2 aromatic rings. The summed E-state index contributed by atoms with van der Waals surface area (Å²) < 4.78 is 0.901. The third-order valence-corrected chi connectivity index (χ3v) is 3.92. The summed E-state index contributed by atoms with van der Waals surface area (Å²) in [5, 5.41) is 12.5. The Bertz CT molecular complexity index is 570. The van der Waals surface area contributed by atoms with Gasteiger partial charge in [-0.25, -0.2) is 4.98 Å². The van der Waals surface area contributed by atoms with Crippen LogP contribution in [0.5, 0.6) is 5.75 Å². The van der Waals surface area contributed by atoms with Crippen LogP contribution in [0.1, 0.15) is 11.1 Å². The predicted molar refractivity (Wildman–Crippen MR) is 81.4 cm³/mol. The largest absolute Gasteiger partial charge is 0.508 e. The Labute approximate surface area is 120 Å². The molecule has 1 aromatic heterocycles. The van der Waals surface area contributed by atoms with Crippen LogP contribution in [0.15, 0.2) is 34.9 Å². The van der Waals surface area contributed by atoms with Crippen LogP contribution in [-0.2, 0) is 6.42 Å². The fourth-order valence-corrected chi connectivity index (χ4v) is 2.17. The first-order valence-corrected chi connectivity index (χ1v) is 6.79. The highest BCUT2D eigenvalue weighted by Gasteiger charge is 2.06. The van der Waals surface area contributed by atoms with Crippen molar-refractivity contribution in [3.8, 4) is 5.75 Å². The van der Waals surface area contributed by atoms with Crippen molar-refractivity contribution in [2.45, 2.75) is 13.3 Å². The first kappa shape index (κ1) is 13.7. The average Bonchev–Trinajstić information content (AvgIpc) is 2.41. The van der Waals surface area contributed by atoms with E-state index in [9.17, 15) is 5.11 Å². The van der Waals surface area contributed by atoms with E-state index < -0.39 is 0 Å². The summed E-state index contributed by atoms with van der Waals surface area (Å²) in [4.78, 5) is 4.26. The van der Waals surface area contributed by atoms with Gasteiger partial charge in [0.05, 0.1) is 16.4 Å². The Kier molecular flexibility index (Phi) is 4.27. The second kappa shape index (κ2) is 5.93. The number of rotatable bonds is 4. The average molecular weight is 322 g/mol. The maximum absolute atomic E-state index is 9.21. The lowest BCUT2D eigenvalue weighted by atomic mass is 10.1. The summed E-state index contributed by atoms with van der Waals surface area (Å²) in [5.41, 5.74) is 8.61. The molecule has 100 valence electrons. The number of hydrogen-bond acceptors (Lipinski definition) is 4. The number of anilines is 2.